The number of hydrogen-bond donors (Lipinski definition) is 0. The molecule has 0 aliphatic rings. The van der Waals surface area contributed by atoms with E-state index in [0.29, 0.717) is 0 Å². The molecule has 0 aliphatic heterocycles. The Kier molecular flexibility index (Phi) is 12.9. The summed E-state index contributed by atoms with van der Waals surface area (Å²) < 4.78 is 5.85. The van der Waals surface area contributed by atoms with Gasteiger partial charge in [0.2, 0.25) is 0 Å². The van der Waals surface area contributed by atoms with E-state index in [1.165, 1.54) is 64.2 Å². The second kappa shape index (κ2) is 12.9. The van der Waals surface area contributed by atoms with Gasteiger partial charge in [-0.25, -0.2) is 0 Å². The number of allylic oxidation sites excluding steroid dienone is 2. The summed E-state index contributed by atoms with van der Waals surface area (Å²) in [6.07, 6.45) is 18.1. The molecule has 0 fully saturated rings. The van der Waals surface area contributed by atoms with Crippen LogP contribution in [0.1, 0.15) is 71.1 Å². The lowest BCUT2D eigenvalue weighted by Crippen LogP contribution is -2.25. The molecular weight excluding hydrogens is 248 g/mol. The molecule has 0 aromatic heterocycles. The predicted molar refractivity (Wildman–Crippen MR) is 90.3 cm³/mol. The first-order valence-corrected chi connectivity index (χ1v) is 11.8. The topological polar surface area (TPSA) is 9.23 Å². The van der Waals surface area contributed by atoms with Crippen molar-refractivity contribution in [3.63, 3.8) is 0 Å². The fourth-order valence-corrected chi connectivity index (χ4v) is 2.76. The maximum atomic E-state index is 5.85. The van der Waals surface area contributed by atoms with Crippen LogP contribution in [0.5, 0.6) is 0 Å². The largest absolute Gasteiger partial charge is 0.418 e. The van der Waals surface area contributed by atoms with Gasteiger partial charge in [-0.05, 0) is 45.3 Å². The minimum absolute atomic E-state index is 0.982. The van der Waals surface area contributed by atoms with E-state index in [1.807, 2.05) is 0 Å². The van der Waals surface area contributed by atoms with Crippen molar-refractivity contribution in [3.05, 3.63) is 12.2 Å². The molecule has 114 valence electrons. The van der Waals surface area contributed by atoms with E-state index in [2.05, 4.69) is 38.7 Å². The van der Waals surface area contributed by atoms with Gasteiger partial charge in [0, 0.05) is 6.61 Å². The molecule has 19 heavy (non-hydrogen) atoms. The van der Waals surface area contributed by atoms with E-state index in [9.17, 15) is 0 Å². The van der Waals surface area contributed by atoms with Gasteiger partial charge in [0.15, 0.2) is 8.32 Å². The number of hydrogen-bond acceptors (Lipinski definition) is 1. The zero-order valence-electron chi connectivity index (χ0n) is 13.8. The lowest BCUT2D eigenvalue weighted by Gasteiger charge is -2.16. The summed E-state index contributed by atoms with van der Waals surface area (Å²) in [6.45, 7) is 10.0. The van der Waals surface area contributed by atoms with E-state index in [-0.39, 0.29) is 0 Å². The van der Waals surface area contributed by atoms with Crippen LogP contribution in [0, 0.1) is 0 Å². The molecule has 0 saturated carbocycles. The molecule has 0 unspecified atom stereocenters. The van der Waals surface area contributed by atoms with Crippen molar-refractivity contribution in [2.24, 2.45) is 0 Å². The second-order valence-corrected chi connectivity index (χ2v) is 11.0. The molecule has 0 spiro atoms. The summed E-state index contributed by atoms with van der Waals surface area (Å²) in [5.74, 6) is 0. The second-order valence-electron chi connectivity index (χ2n) is 6.48. The highest BCUT2D eigenvalue weighted by molar-refractivity contribution is 6.69. The van der Waals surface area contributed by atoms with Crippen LogP contribution in [-0.4, -0.2) is 14.9 Å². The molecule has 0 bridgehead atoms. The SMILES string of the molecule is CCCC/C=C\CCCCCCCCO[Si](C)(C)C. The summed E-state index contributed by atoms with van der Waals surface area (Å²) in [5.41, 5.74) is 0. The molecule has 0 N–H and O–H groups in total. The summed E-state index contributed by atoms with van der Waals surface area (Å²) >= 11 is 0. The summed E-state index contributed by atoms with van der Waals surface area (Å²) in [6, 6.07) is 0. The van der Waals surface area contributed by atoms with Gasteiger partial charge in [0.05, 0.1) is 0 Å². The monoisotopic (exact) mass is 284 g/mol. The van der Waals surface area contributed by atoms with Gasteiger partial charge >= 0.3 is 0 Å². The van der Waals surface area contributed by atoms with Crippen molar-refractivity contribution in [3.8, 4) is 0 Å². The molecule has 0 radical (unpaired) electrons. The van der Waals surface area contributed by atoms with Crippen LogP contribution in [0.2, 0.25) is 19.6 Å². The number of unbranched alkanes of at least 4 members (excludes halogenated alkanes) is 8. The Hall–Kier alpha value is -0.0831. The first kappa shape index (κ1) is 18.9. The molecule has 0 aromatic carbocycles. The van der Waals surface area contributed by atoms with Crippen molar-refractivity contribution >= 4 is 8.32 Å². The first-order valence-electron chi connectivity index (χ1n) is 8.35. The third kappa shape index (κ3) is 17.9. The zero-order chi connectivity index (χ0) is 14.4. The highest BCUT2D eigenvalue weighted by atomic mass is 28.4. The minimum atomic E-state index is -1.27. The Bertz CT molecular complexity index is 206. The smallest absolute Gasteiger partial charge is 0.183 e. The minimum Gasteiger partial charge on any atom is -0.418 e. The van der Waals surface area contributed by atoms with Gasteiger partial charge in [0.1, 0.15) is 0 Å². The van der Waals surface area contributed by atoms with Gasteiger partial charge in [-0.15, -0.1) is 0 Å². The Morgan fingerprint density at radius 2 is 1.26 bits per heavy atom. The van der Waals surface area contributed by atoms with Gasteiger partial charge in [0.25, 0.3) is 0 Å². The summed E-state index contributed by atoms with van der Waals surface area (Å²) in [4.78, 5) is 0. The Balaban J connectivity index is 3.09. The normalized spacial score (nSPS) is 12.4. The molecule has 0 saturated heterocycles. The molecule has 0 heterocycles. The van der Waals surface area contributed by atoms with E-state index >= 15 is 0 Å². The van der Waals surface area contributed by atoms with Crippen molar-refractivity contribution in [1.29, 1.82) is 0 Å². The average molecular weight is 285 g/mol. The first-order chi connectivity index (χ1) is 9.06. The van der Waals surface area contributed by atoms with Crippen LogP contribution < -0.4 is 0 Å². The third-order valence-electron chi connectivity index (χ3n) is 3.19. The van der Waals surface area contributed by atoms with E-state index < -0.39 is 8.32 Å². The van der Waals surface area contributed by atoms with Crippen LogP contribution in [0.3, 0.4) is 0 Å². The van der Waals surface area contributed by atoms with Crippen LogP contribution in [0.25, 0.3) is 0 Å². The van der Waals surface area contributed by atoms with Crippen molar-refractivity contribution in [1.82, 2.24) is 0 Å². The summed E-state index contributed by atoms with van der Waals surface area (Å²) in [5, 5.41) is 0. The van der Waals surface area contributed by atoms with Crippen LogP contribution in [0.4, 0.5) is 0 Å². The van der Waals surface area contributed by atoms with Crippen LogP contribution >= 0.6 is 0 Å². The van der Waals surface area contributed by atoms with E-state index in [4.69, 9.17) is 4.43 Å². The van der Waals surface area contributed by atoms with Crippen molar-refractivity contribution in [2.75, 3.05) is 6.61 Å². The summed E-state index contributed by atoms with van der Waals surface area (Å²) in [7, 11) is -1.27. The molecule has 0 aromatic rings. The zero-order valence-corrected chi connectivity index (χ0v) is 14.8. The predicted octanol–water partition coefficient (Wildman–Crippen LogP) is 6.32. The quantitative estimate of drug-likeness (QED) is 0.218. The lowest BCUT2D eigenvalue weighted by molar-refractivity contribution is 0.298. The average Bonchev–Trinajstić information content (AvgIpc) is 2.34. The molecule has 0 amide bonds. The van der Waals surface area contributed by atoms with E-state index in [1.54, 1.807) is 0 Å². The van der Waals surface area contributed by atoms with Gasteiger partial charge < -0.3 is 4.43 Å². The highest BCUT2D eigenvalue weighted by Gasteiger charge is 2.12. The Morgan fingerprint density at radius 1 is 0.737 bits per heavy atom. The lowest BCUT2D eigenvalue weighted by atomic mass is 10.1. The van der Waals surface area contributed by atoms with Crippen molar-refractivity contribution in [2.45, 2.75) is 90.8 Å². The van der Waals surface area contributed by atoms with Crippen LogP contribution in [0.15, 0.2) is 12.2 Å². The maximum Gasteiger partial charge on any atom is 0.183 e. The Labute approximate surface area is 123 Å². The Morgan fingerprint density at radius 3 is 1.84 bits per heavy atom. The van der Waals surface area contributed by atoms with Gasteiger partial charge in [-0.2, -0.15) is 0 Å². The highest BCUT2D eigenvalue weighted by Crippen LogP contribution is 2.10. The fourth-order valence-electron chi connectivity index (χ4n) is 2.01. The molecule has 0 aliphatic carbocycles. The van der Waals surface area contributed by atoms with Gasteiger partial charge in [-0.1, -0.05) is 57.6 Å². The molecule has 1 nitrogen and oxygen atoms in total. The molecule has 2 heteroatoms. The standard InChI is InChI=1S/C17H36OSi/c1-5-6-7-8-9-10-11-12-13-14-15-16-17-18-19(2,3)4/h8-9H,5-7,10-17H2,1-4H3/b9-8-. The molecule has 0 rings (SSSR count). The van der Waals surface area contributed by atoms with Crippen molar-refractivity contribution < 1.29 is 4.43 Å². The van der Waals surface area contributed by atoms with Gasteiger partial charge in [-0.3, -0.25) is 0 Å². The fraction of sp³-hybridized carbons (Fsp3) is 0.882. The number of rotatable bonds is 13. The van der Waals surface area contributed by atoms with Crippen LogP contribution in [-0.2, 0) is 4.43 Å². The molecular formula is C17H36OSi. The third-order valence-corrected chi connectivity index (χ3v) is 4.26. The maximum absolute atomic E-state index is 5.85. The van der Waals surface area contributed by atoms with E-state index in [0.717, 1.165) is 6.61 Å². The molecule has 0 atom stereocenters.